The molecule has 1 atom stereocenters. The number of pyridine rings is 1. The van der Waals surface area contributed by atoms with Gasteiger partial charge in [-0.3, -0.25) is 14.6 Å². The Hall–Kier alpha value is -4.01. The number of carbonyl (C=O) groups excluding carboxylic acids is 2. The predicted molar refractivity (Wildman–Crippen MR) is 127 cm³/mol. The van der Waals surface area contributed by atoms with Crippen molar-refractivity contribution in [3.8, 4) is 0 Å². The quantitative estimate of drug-likeness (QED) is 0.457. The number of nitrogens with one attached hydrogen (secondary N) is 3. The van der Waals surface area contributed by atoms with E-state index in [0.717, 1.165) is 16.9 Å². The van der Waals surface area contributed by atoms with Gasteiger partial charge in [-0.2, -0.15) is 0 Å². The van der Waals surface area contributed by atoms with Crippen molar-refractivity contribution in [1.29, 1.82) is 0 Å². The van der Waals surface area contributed by atoms with Gasteiger partial charge in [0.25, 0.3) is 0 Å². The van der Waals surface area contributed by atoms with Gasteiger partial charge < -0.3 is 20.9 Å². The SMILES string of the molecule is Cc1ccc(N2C[C@@H](C(=O)NCCNc3ccc(Nc4ccncc4)nn3)CC2=O)cc1C. The third-order valence-corrected chi connectivity index (χ3v) is 5.65. The zero-order chi connectivity index (χ0) is 23.2. The smallest absolute Gasteiger partial charge is 0.227 e. The maximum atomic E-state index is 12.6. The lowest BCUT2D eigenvalue weighted by Gasteiger charge is -2.18. The molecule has 0 radical (unpaired) electrons. The molecule has 0 spiro atoms. The molecule has 0 aliphatic carbocycles. The van der Waals surface area contributed by atoms with Gasteiger partial charge in [0.1, 0.15) is 5.82 Å². The monoisotopic (exact) mass is 445 g/mol. The average molecular weight is 446 g/mol. The van der Waals surface area contributed by atoms with Crippen molar-refractivity contribution in [2.24, 2.45) is 5.92 Å². The average Bonchev–Trinajstić information content (AvgIpc) is 3.22. The molecule has 1 saturated heterocycles. The number of carbonyl (C=O) groups is 2. The second-order valence-corrected chi connectivity index (χ2v) is 8.06. The summed E-state index contributed by atoms with van der Waals surface area (Å²) >= 11 is 0. The van der Waals surface area contributed by atoms with Crippen LogP contribution in [0.3, 0.4) is 0 Å². The van der Waals surface area contributed by atoms with Crippen LogP contribution in [-0.2, 0) is 9.59 Å². The molecule has 0 saturated carbocycles. The van der Waals surface area contributed by atoms with Crippen LogP contribution >= 0.6 is 0 Å². The fraction of sp³-hybridized carbons (Fsp3) is 0.292. The number of anilines is 4. The summed E-state index contributed by atoms with van der Waals surface area (Å²) in [6.45, 7) is 5.38. The number of hydrogen-bond acceptors (Lipinski definition) is 7. The summed E-state index contributed by atoms with van der Waals surface area (Å²) in [5.74, 6) is 0.755. The number of rotatable bonds is 8. The van der Waals surface area contributed by atoms with E-state index in [1.54, 1.807) is 17.3 Å². The van der Waals surface area contributed by atoms with Crippen molar-refractivity contribution >= 4 is 34.8 Å². The summed E-state index contributed by atoms with van der Waals surface area (Å²) in [7, 11) is 0. The van der Waals surface area contributed by atoms with Gasteiger partial charge in [-0.05, 0) is 61.4 Å². The van der Waals surface area contributed by atoms with Crippen LogP contribution in [0.25, 0.3) is 0 Å². The van der Waals surface area contributed by atoms with Gasteiger partial charge in [0, 0.05) is 49.8 Å². The highest BCUT2D eigenvalue weighted by atomic mass is 16.2. The summed E-state index contributed by atoms with van der Waals surface area (Å²) in [6, 6.07) is 13.3. The Morgan fingerprint density at radius 1 is 1.00 bits per heavy atom. The lowest BCUT2D eigenvalue weighted by molar-refractivity contribution is -0.126. The number of nitrogens with zero attached hydrogens (tertiary/aromatic N) is 4. The second-order valence-electron chi connectivity index (χ2n) is 8.06. The van der Waals surface area contributed by atoms with Crippen molar-refractivity contribution in [2.75, 3.05) is 35.2 Å². The van der Waals surface area contributed by atoms with Crippen molar-refractivity contribution in [1.82, 2.24) is 20.5 Å². The number of benzene rings is 1. The van der Waals surface area contributed by atoms with Crippen LogP contribution in [0.5, 0.6) is 0 Å². The first-order chi connectivity index (χ1) is 16.0. The molecule has 1 fully saturated rings. The zero-order valence-electron chi connectivity index (χ0n) is 18.7. The third kappa shape index (κ3) is 5.62. The molecule has 3 aromatic rings. The highest BCUT2D eigenvalue weighted by molar-refractivity contribution is 6.00. The van der Waals surface area contributed by atoms with Crippen molar-refractivity contribution in [2.45, 2.75) is 20.3 Å². The lowest BCUT2D eigenvalue weighted by atomic mass is 10.1. The molecule has 3 N–H and O–H groups in total. The van der Waals surface area contributed by atoms with Gasteiger partial charge >= 0.3 is 0 Å². The molecule has 9 heteroatoms. The van der Waals surface area contributed by atoms with Crippen molar-refractivity contribution < 1.29 is 9.59 Å². The van der Waals surface area contributed by atoms with E-state index in [9.17, 15) is 9.59 Å². The normalized spacial score (nSPS) is 15.4. The van der Waals surface area contributed by atoms with E-state index in [2.05, 4.69) is 31.1 Å². The molecule has 1 aromatic carbocycles. The molecule has 4 rings (SSSR count). The zero-order valence-corrected chi connectivity index (χ0v) is 18.7. The van der Waals surface area contributed by atoms with Crippen LogP contribution in [0.2, 0.25) is 0 Å². The van der Waals surface area contributed by atoms with Crippen molar-refractivity contribution in [3.05, 3.63) is 66.0 Å². The van der Waals surface area contributed by atoms with Gasteiger partial charge in [0.2, 0.25) is 11.8 Å². The Labute approximate surface area is 192 Å². The van der Waals surface area contributed by atoms with E-state index >= 15 is 0 Å². The summed E-state index contributed by atoms with van der Waals surface area (Å²) in [4.78, 5) is 30.7. The minimum Gasteiger partial charge on any atom is -0.367 e. The summed E-state index contributed by atoms with van der Waals surface area (Å²) < 4.78 is 0. The summed E-state index contributed by atoms with van der Waals surface area (Å²) in [5, 5.41) is 17.4. The number of hydrogen-bond donors (Lipinski definition) is 3. The Morgan fingerprint density at radius 2 is 1.76 bits per heavy atom. The largest absolute Gasteiger partial charge is 0.367 e. The number of aryl methyl sites for hydroxylation is 2. The number of aromatic nitrogens is 3. The maximum absolute atomic E-state index is 12.6. The predicted octanol–water partition coefficient (Wildman–Crippen LogP) is 2.81. The Balaban J connectivity index is 1.21. The first kappa shape index (κ1) is 22.2. The third-order valence-electron chi connectivity index (χ3n) is 5.65. The molecule has 3 heterocycles. The molecule has 1 aliphatic rings. The molecule has 9 nitrogen and oxygen atoms in total. The Kier molecular flexibility index (Phi) is 6.77. The molecule has 2 amide bonds. The van der Waals surface area contributed by atoms with Gasteiger partial charge in [0.15, 0.2) is 5.82 Å². The molecular weight excluding hydrogens is 418 g/mol. The highest BCUT2D eigenvalue weighted by Gasteiger charge is 2.35. The van der Waals surface area contributed by atoms with E-state index in [1.165, 1.54) is 5.56 Å². The molecule has 0 bridgehead atoms. The maximum Gasteiger partial charge on any atom is 0.227 e. The van der Waals surface area contributed by atoms with Crippen LogP contribution in [0.15, 0.2) is 54.9 Å². The second kappa shape index (κ2) is 10.1. The molecular formula is C24H27N7O2. The Morgan fingerprint density at radius 3 is 2.48 bits per heavy atom. The van der Waals surface area contributed by atoms with Crippen LogP contribution in [-0.4, -0.2) is 46.6 Å². The Bertz CT molecular complexity index is 1120. The van der Waals surface area contributed by atoms with Crippen LogP contribution < -0.4 is 20.9 Å². The molecule has 2 aromatic heterocycles. The first-order valence-electron chi connectivity index (χ1n) is 10.9. The summed E-state index contributed by atoms with van der Waals surface area (Å²) in [6.07, 6.45) is 3.62. The number of amides is 2. The summed E-state index contributed by atoms with van der Waals surface area (Å²) in [5.41, 5.74) is 4.03. The first-order valence-corrected chi connectivity index (χ1v) is 10.9. The minimum atomic E-state index is -0.350. The molecule has 0 unspecified atom stereocenters. The highest BCUT2D eigenvalue weighted by Crippen LogP contribution is 2.26. The van der Waals surface area contributed by atoms with E-state index in [-0.39, 0.29) is 24.2 Å². The van der Waals surface area contributed by atoms with Gasteiger partial charge in [-0.15, -0.1) is 10.2 Å². The van der Waals surface area contributed by atoms with Gasteiger partial charge in [-0.25, -0.2) is 0 Å². The van der Waals surface area contributed by atoms with E-state index in [1.807, 2.05) is 56.3 Å². The minimum absolute atomic E-state index is 0.0210. The molecule has 33 heavy (non-hydrogen) atoms. The standard InChI is InChI=1S/C24H27N7O2/c1-16-3-4-20(13-17(16)2)31-15-18(14-23(31)32)24(33)27-12-11-26-21-5-6-22(30-29-21)28-19-7-9-25-10-8-19/h3-10,13,18H,11-12,14-15H2,1-2H3,(H,26,29)(H,27,33)(H,25,28,30)/t18-/m0/s1. The molecule has 170 valence electrons. The van der Waals surface area contributed by atoms with Crippen LogP contribution in [0, 0.1) is 19.8 Å². The van der Waals surface area contributed by atoms with Gasteiger partial charge in [0.05, 0.1) is 5.92 Å². The van der Waals surface area contributed by atoms with Crippen LogP contribution in [0.1, 0.15) is 17.5 Å². The van der Waals surface area contributed by atoms with Gasteiger partial charge in [-0.1, -0.05) is 6.07 Å². The van der Waals surface area contributed by atoms with E-state index in [4.69, 9.17) is 0 Å². The topological polar surface area (TPSA) is 112 Å². The van der Waals surface area contributed by atoms with Crippen molar-refractivity contribution in [3.63, 3.8) is 0 Å². The van der Waals surface area contributed by atoms with Crippen LogP contribution in [0.4, 0.5) is 23.0 Å². The lowest BCUT2D eigenvalue weighted by Crippen LogP contribution is -2.35. The fourth-order valence-electron chi connectivity index (χ4n) is 3.62. The van der Waals surface area contributed by atoms with E-state index in [0.29, 0.717) is 31.3 Å². The molecule has 1 aliphatic heterocycles. The fourth-order valence-corrected chi connectivity index (χ4v) is 3.62. The van der Waals surface area contributed by atoms with E-state index < -0.39 is 0 Å².